The smallest absolute Gasteiger partial charge is 0.348 e. The summed E-state index contributed by atoms with van der Waals surface area (Å²) in [5.41, 5.74) is -1.65. The van der Waals surface area contributed by atoms with Crippen molar-refractivity contribution in [1.29, 1.82) is 0 Å². The minimum Gasteiger partial charge on any atom is -0.478 e. The van der Waals surface area contributed by atoms with Crippen LogP contribution < -0.4 is 0 Å². The molecule has 2 rings (SSSR count). The van der Waals surface area contributed by atoms with Crippen molar-refractivity contribution in [2.24, 2.45) is 16.7 Å². The van der Waals surface area contributed by atoms with E-state index in [-0.39, 0.29) is 11.9 Å². The Hall–Kier alpha value is -1.32. The number of hydrogen-bond acceptors (Lipinski definition) is 3. The minimum atomic E-state index is -1.39. The summed E-state index contributed by atoms with van der Waals surface area (Å²) in [6, 6.07) is 0. The summed E-state index contributed by atoms with van der Waals surface area (Å²) in [7, 11) is 0. The van der Waals surface area contributed by atoms with Crippen LogP contribution in [-0.4, -0.2) is 22.6 Å². The molecule has 2 aliphatic rings. The highest BCUT2D eigenvalue weighted by Crippen LogP contribution is 2.69. The molecule has 2 fully saturated rings. The fourth-order valence-electron chi connectivity index (χ4n) is 4.43. The molecule has 1 N–H and O–H groups in total. The van der Waals surface area contributed by atoms with Crippen molar-refractivity contribution in [3.05, 3.63) is 11.6 Å². The Kier molecular flexibility index (Phi) is 4.18. The third kappa shape index (κ3) is 1.88. The molecule has 0 spiro atoms. The summed E-state index contributed by atoms with van der Waals surface area (Å²) in [6.45, 7) is 9.77. The van der Waals surface area contributed by atoms with Gasteiger partial charge in [0.25, 0.3) is 0 Å². The first-order valence-electron chi connectivity index (χ1n) is 8.31. The predicted octanol–water partition coefficient (Wildman–Crippen LogP) is 3.95. The number of carbonyl (C=O) groups excluding carboxylic acids is 1. The number of fused-ring (bicyclic) bond motifs is 2. The number of ether oxygens (including phenoxy) is 1. The number of carboxylic acid groups (broad SMARTS) is 1. The molecular weight excluding hydrogens is 280 g/mol. The van der Waals surface area contributed by atoms with Crippen molar-refractivity contribution >= 4 is 11.9 Å². The second kappa shape index (κ2) is 5.39. The van der Waals surface area contributed by atoms with Crippen molar-refractivity contribution in [3.8, 4) is 0 Å². The number of aliphatic carboxylic acids is 1. The number of unbranched alkanes of at least 4 members (excludes halogenated alkanes) is 2. The van der Waals surface area contributed by atoms with Crippen LogP contribution >= 0.6 is 0 Å². The fraction of sp³-hybridized carbons (Fsp3) is 0.778. The van der Waals surface area contributed by atoms with Gasteiger partial charge in [0.15, 0.2) is 0 Å². The van der Waals surface area contributed by atoms with Crippen molar-refractivity contribution in [1.82, 2.24) is 0 Å². The first-order chi connectivity index (χ1) is 10.2. The molecule has 1 heterocycles. The molecule has 0 aromatic heterocycles. The standard InChI is InChI=1S/C18H28O4/c1-6-8-9-10-12(7-2)13-11-18(14(19)20)16(3,4)17(13,5)15(21)22-18/h7,13H,6,8-11H2,1-5H3,(H,19,20)/t13?,17?,18-/m1/s1. The molecule has 4 heteroatoms. The Morgan fingerprint density at radius 1 is 1.36 bits per heavy atom. The topological polar surface area (TPSA) is 63.6 Å². The van der Waals surface area contributed by atoms with E-state index in [0.29, 0.717) is 6.42 Å². The number of hydrogen-bond donors (Lipinski definition) is 1. The Morgan fingerprint density at radius 3 is 2.45 bits per heavy atom. The molecule has 4 nitrogen and oxygen atoms in total. The van der Waals surface area contributed by atoms with E-state index in [4.69, 9.17) is 4.74 Å². The van der Waals surface area contributed by atoms with Gasteiger partial charge in [-0.1, -0.05) is 45.3 Å². The highest BCUT2D eigenvalue weighted by molar-refractivity contribution is 5.93. The summed E-state index contributed by atoms with van der Waals surface area (Å²) in [5, 5.41) is 9.75. The Bertz CT molecular complexity index is 519. The molecule has 1 aliphatic heterocycles. The molecule has 3 atom stereocenters. The van der Waals surface area contributed by atoms with Gasteiger partial charge in [-0.2, -0.15) is 0 Å². The number of allylic oxidation sites excluding steroid dienone is 2. The van der Waals surface area contributed by atoms with Gasteiger partial charge in [0, 0.05) is 17.8 Å². The van der Waals surface area contributed by atoms with Gasteiger partial charge in [0.2, 0.25) is 5.60 Å². The molecule has 22 heavy (non-hydrogen) atoms. The van der Waals surface area contributed by atoms with Gasteiger partial charge >= 0.3 is 11.9 Å². The largest absolute Gasteiger partial charge is 0.478 e. The molecule has 124 valence electrons. The average Bonchev–Trinajstić information content (AvgIpc) is 2.72. The quantitative estimate of drug-likeness (QED) is 0.458. The van der Waals surface area contributed by atoms with Gasteiger partial charge in [0.05, 0.1) is 5.41 Å². The van der Waals surface area contributed by atoms with Gasteiger partial charge in [-0.25, -0.2) is 4.79 Å². The Morgan fingerprint density at radius 2 is 2.00 bits per heavy atom. The SMILES string of the molecule is CC=C(CCCCC)C1C[C@]2(C(=O)O)OC(=O)C1(C)C2(C)C. The second-order valence-electron chi connectivity index (χ2n) is 7.43. The van der Waals surface area contributed by atoms with E-state index in [9.17, 15) is 14.7 Å². The molecule has 0 amide bonds. The lowest BCUT2D eigenvalue weighted by Crippen LogP contribution is -2.47. The van der Waals surface area contributed by atoms with Crippen LogP contribution in [0.4, 0.5) is 0 Å². The van der Waals surface area contributed by atoms with Crippen LogP contribution in [0.5, 0.6) is 0 Å². The summed E-state index contributed by atoms with van der Waals surface area (Å²) < 4.78 is 5.41. The number of carboxylic acids is 1. The van der Waals surface area contributed by atoms with Gasteiger partial charge in [-0.05, 0) is 26.7 Å². The molecule has 1 saturated heterocycles. The van der Waals surface area contributed by atoms with Crippen LogP contribution in [0.3, 0.4) is 0 Å². The van der Waals surface area contributed by atoms with Crippen LogP contribution in [-0.2, 0) is 14.3 Å². The maximum atomic E-state index is 12.5. The average molecular weight is 308 g/mol. The normalized spacial score (nSPS) is 36.5. The predicted molar refractivity (Wildman–Crippen MR) is 84.4 cm³/mol. The van der Waals surface area contributed by atoms with Crippen LogP contribution in [0.15, 0.2) is 11.6 Å². The van der Waals surface area contributed by atoms with Crippen LogP contribution in [0.1, 0.15) is 66.7 Å². The number of carbonyl (C=O) groups is 2. The summed E-state index contributed by atoms with van der Waals surface area (Å²) >= 11 is 0. The van der Waals surface area contributed by atoms with Gasteiger partial charge in [-0.15, -0.1) is 0 Å². The lowest BCUT2D eigenvalue weighted by atomic mass is 9.62. The summed E-state index contributed by atoms with van der Waals surface area (Å²) in [4.78, 5) is 24.4. The Labute approximate surface area is 132 Å². The van der Waals surface area contributed by atoms with Crippen LogP contribution in [0.25, 0.3) is 0 Å². The van der Waals surface area contributed by atoms with E-state index >= 15 is 0 Å². The first-order valence-corrected chi connectivity index (χ1v) is 8.31. The molecule has 1 aliphatic carbocycles. The van der Waals surface area contributed by atoms with Crippen LogP contribution in [0, 0.1) is 16.7 Å². The van der Waals surface area contributed by atoms with Gasteiger partial charge in [-0.3, -0.25) is 4.79 Å². The van der Waals surface area contributed by atoms with Crippen molar-refractivity contribution in [2.45, 2.75) is 72.3 Å². The molecule has 1 saturated carbocycles. The van der Waals surface area contributed by atoms with E-state index in [2.05, 4.69) is 13.0 Å². The highest BCUT2D eigenvalue weighted by Gasteiger charge is 2.79. The monoisotopic (exact) mass is 308 g/mol. The molecule has 2 bridgehead atoms. The van der Waals surface area contributed by atoms with Crippen molar-refractivity contribution in [2.75, 3.05) is 0 Å². The third-order valence-corrected chi connectivity index (χ3v) is 6.42. The molecule has 0 aromatic carbocycles. The lowest BCUT2D eigenvalue weighted by Gasteiger charge is -2.35. The van der Waals surface area contributed by atoms with E-state index < -0.39 is 22.4 Å². The maximum Gasteiger partial charge on any atom is 0.348 e. The molecule has 2 unspecified atom stereocenters. The molecule has 0 radical (unpaired) electrons. The van der Waals surface area contributed by atoms with Crippen molar-refractivity contribution < 1.29 is 19.4 Å². The molecule has 0 aromatic rings. The van der Waals surface area contributed by atoms with E-state index in [0.717, 1.165) is 25.7 Å². The highest BCUT2D eigenvalue weighted by atomic mass is 16.6. The molecular formula is C18H28O4. The zero-order valence-electron chi connectivity index (χ0n) is 14.4. The lowest BCUT2D eigenvalue weighted by molar-refractivity contribution is -0.180. The number of rotatable bonds is 6. The zero-order valence-corrected chi connectivity index (χ0v) is 14.4. The third-order valence-electron chi connectivity index (χ3n) is 6.42. The first kappa shape index (κ1) is 17.0. The van der Waals surface area contributed by atoms with Crippen LogP contribution in [0.2, 0.25) is 0 Å². The maximum absolute atomic E-state index is 12.5. The Balaban J connectivity index is 2.40. The fourth-order valence-corrected chi connectivity index (χ4v) is 4.43. The van der Waals surface area contributed by atoms with Gasteiger partial charge < -0.3 is 9.84 Å². The summed E-state index contributed by atoms with van der Waals surface area (Å²) in [5.74, 6) is -1.41. The van der Waals surface area contributed by atoms with E-state index in [1.165, 1.54) is 5.57 Å². The zero-order chi connectivity index (χ0) is 16.8. The van der Waals surface area contributed by atoms with E-state index in [1.807, 2.05) is 27.7 Å². The number of esters is 1. The second-order valence-corrected chi connectivity index (χ2v) is 7.43. The van der Waals surface area contributed by atoms with Gasteiger partial charge in [0.1, 0.15) is 0 Å². The van der Waals surface area contributed by atoms with Crippen molar-refractivity contribution in [3.63, 3.8) is 0 Å². The minimum absolute atomic E-state index is 0.0401. The summed E-state index contributed by atoms with van der Waals surface area (Å²) in [6.07, 6.45) is 6.78. The van der Waals surface area contributed by atoms with E-state index in [1.54, 1.807) is 0 Å².